The molecular formula is C30H41F3N4O5. The van der Waals surface area contributed by atoms with Gasteiger partial charge >= 0.3 is 6.18 Å². The zero-order valence-corrected chi connectivity index (χ0v) is 25.1. The number of rotatable bonds is 10. The number of halogens is 3. The molecule has 0 fully saturated rings. The first-order valence-corrected chi connectivity index (χ1v) is 13.8. The molecule has 9 nitrogen and oxygen atoms in total. The number of hydrogen-bond acceptors (Lipinski definition) is 7. The Hall–Kier alpha value is -3.80. The molecule has 3 rings (SSSR count). The predicted octanol–water partition coefficient (Wildman–Crippen LogP) is 5.12. The summed E-state index contributed by atoms with van der Waals surface area (Å²) in [6, 6.07) is 8.25. The minimum atomic E-state index is -5.09. The number of hydrogen-bond donors (Lipinski definition) is 3. The van der Waals surface area contributed by atoms with Crippen molar-refractivity contribution in [1.29, 1.82) is 0 Å². The van der Waals surface area contributed by atoms with Gasteiger partial charge in [0, 0.05) is 16.7 Å². The van der Waals surface area contributed by atoms with Crippen molar-refractivity contribution in [2.24, 2.45) is 10.7 Å². The Labute approximate surface area is 244 Å². The van der Waals surface area contributed by atoms with Gasteiger partial charge in [-0.25, -0.2) is 4.99 Å². The summed E-state index contributed by atoms with van der Waals surface area (Å²) >= 11 is 0. The number of nitrogens with one attached hydrogen (secondary N) is 1. The lowest BCUT2D eigenvalue weighted by Crippen LogP contribution is -2.53. The largest absolute Gasteiger partial charge is 0.494 e. The molecule has 232 valence electrons. The van der Waals surface area contributed by atoms with Crippen LogP contribution in [0.4, 0.5) is 13.2 Å². The average Bonchev–Trinajstić information content (AvgIpc) is 2.90. The summed E-state index contributed by atoms with van der Waals surface area (Å²) in [6.07, 6.45) is -4.97. The van der Waals surface area contributed by atoms with Crippen molar-refractivity contribution in [3.8, 4) is 11.5 Å². The Balaban J connectivity index is 0.00000301. The number of aliphatic hydroxyl groups is 1. The van der Waals surface area contributed by atoms with Crippen LogP contribution in [0.3, 0.4) is 0 Å². The van der Waals surface area contributed by atoms with Crippen LogP contribution < -0.4 is 20.5 Å². The van der Waals surface area contributed by atoms with Crippen molar-refractivity contribution >= 4 is 17.8 Å². The monoisotopic (exact) mass is 594 g/mol. The molecule has 1 heterocycles. The third-order valence-corrected chi connectivity index (χ3v) is 6.47. The van der Waals surface area contributed by atoms with E-state index in [9.17, 15) is 27.9 Å². The summed E-state index contributed by atoms with van der Waals surface area (Å²) in [4.78, 5) is 31.8. The summed E-state index contributed by atoms with van der Waals surface area (Å²) in [5.41, 5.74) is 2.39. The zero-order valence-electron chi connectivity index (χ0n) is 25.1. The van der Waals surface area contributed by atoms with Gasteiger partial charge in [-0.1, -0.05) is 32.0 Å². The van der Waals surface area contributed by atoms with Crippen LogP contribution in [0.2, 0.25) is 0 Å². The second kappa shape index (κ2) is 13.9. The van der Waals surface area contributed by atoms with Crippen LogP contribution in [0.15, 0.2) is 47.5 Å². The van der Waals surface area contributed by atoms with Crippen LogP contribution in [0.5, 0.6) is 11.5 Å². The highest BCUT2D eigenvalue weighted by Gasteiger charge is 2.56. The maximum absolute atomic E-state index is 14.0. The molecule has 12 heteroatoms. The summed E-state index contributed by atoms with van der Waals surface area (Å²) in [5, 5.41) is 13.0. The average molecular weight is 595 g/mol. The summed E-state index contributed by atoms with van der Waals surface area (Å²) in [6.45, 7) is 11.9. The number of guanidine groups is 1. The second-order valence-corrected chi connectivity index (χ2v) is 10.2. The van der Waals surface area contributed by atoms with Gasteiger partial charge in [-0.15, -0.1) is 0 Å². The number of amides is 2. The number of aliphatic imine (C=N–C) groups is 1. The summed E-state index contributed by atoms with van der Waals surface area (Å²) in [7, 11) is 0. The van der Waals surface area contributed by atoms with Gasteiger partial charge in [0.25, 0.3) is 5.91 Å². The maximum atomic E-state index is 14.0. The molecule has 1 aliphatic rings. The molecule has 0 radical (unpaired) electrons. The van der Waals surface area contributed by atoms with Gasteiger partial charge in [-0.05, 0) is 58.9 Å². The van der Waals surface area contributed by atoms with Crippen molar-refractivity contribution in [3.05, 3.63) is 59.2 Å². The molecule has 2 unspecified atom stereocenters. The SMILES string of the molecule is CC.CCOc1ccc(C(=O)NC(c2ccccc2OCC)C(C)(O)C(F)(F)F)cc1CN1C(=O)CC(C)(C)N=C1N. The fourth-order valence-electron chi connectivity index (χ4n) is 4.39. The highest BCUT2D eigenvalue weighted by molar-refractivity contribution is 5.99. The fourth-order valence-corrected chi connectivity index (χ4v) is 4.39. The van der Waals surface area contributed by atoms with Crippen LogP contribution in [-0.2, 0) is 11.3 Å². The highest BCUT2D eigenvalue weighted by Crippen LogP contribution is 2.42. The van der Waals surface area contributed by atoms with E-state index in [0.717, 1.165) is 0 Å². The smallest absolute Gasteiger partial charge is 0.419 e. The lowest BCUT2D eigenvalue weighted by molar-refractivity contribution is -0.263. The van der Waals surface area contributed by atoms with Crippen molar-refractivity contribution < 1.29 is 37.3 Å². The Bertz CT molecular complexity index is 1280. The number of alkyl halides is 3. The summed E-state index contributed by atoms with van der Waals surface area (Å²) in [5.74, 6) is -0.701. The normalized spacial score (nSPS) is 16.8. The minimum absolute atomic E-state index is 0.00683. The quantitative estimate of drug-likeness (QED) is 0.351. The Morgan fingerprint density at radius 1 is 1.12 bits per heavy atom. The van der Waals surface area contributed by atoms with Crippen molar-refractivity contribution in [3.63, 3.8) is 0 Å². The molecule has 2 aromatic rings. The van der Waals surface area contributed by atoms with E-state index in [-0.39, 0.29) is 54.9 Å². The van der Waals surface area contributed by atoms with Crippen molar-refractivity contribution in [1.82, 2.24) is 10.2 Å². The minimum Gasteiger partial charge on any atom is -0.494 e. The second-order valence-electron chi connectivity index (χ2n) is 10.2. The lowest BCUT2D eigenvalue weighted by Gasteiger charge is -2.36. The van der Waals surface area contributed by atoms with E-state index in [2.05, 4.69) is 10.3 Å². The Morgan fingerprint density at radius 2 is 1.71 bits per heavy atom. The topological polar surface area (TPSA) is 126 Å². The third-order valence-electron chi connectivity index (χ3n) is 6.47. The fraction of sp³-hybridized carbons (Fsp3) is 0.500. The van der Waals surface area contributed by atoms with E-state index in [4.69, 9.17) is 15.2 Å². The molecule has 0 aromatic heterocycles. The molecule has 42 heavy (non-hydrogen) atoms. The van der Waals surface area contributed by atoms with Gasteiger partial charge in [-0.3, -0.25) is 14.5 Å². The van der Waals surface area contributed by atoms with Crippen LogP contribution in [0.25, 0.3) is 0 Å². The molecule has 1 aliphatic heterocycles. The van der Waals surface area contributed by atoms with E-state index >= 15 is 0 Å². The summed E-state index contributed by atoms with van der Waals surface area (Å²) < 4.78 is 53.2. The zero-order chi connectivity index (χ0) is 31.9. The number of benzene rings is 2. The van der Waals surface area contributed by atoms with E-state index in [1.165, 1.54) is 41.3 Å². The van der Waals surface area contributed by atoms with E-state index < -0.39 is 29.3 Å². The highest BCUT2D eigenvalue weighted by atomic mass is 19.4. The van der Waals surface area contributed by atoms with Gasteiger partial charge in [0.15, 0.2) is 11.6 Å². The van der Waals surface area contributed by atoms with Crippen LogP contribution in [0.1, 0.15) is 82.4 Å². The number of ether oxygens (including phenoxy) is 2. The van der Waals surface area contributed by atoms with Crippen molar-refractivity contribution in [2.75, 3.05) is 13.2 Å². The maximum Gasteiger partial charge on any atom is 0.419 e. The number of carbonyl (C=O) groups excluding carboxylic acids is 2. The lowest BCUT2D eigenvalue weighted by atomic mass is 9.88. The van der Waals surface area contributed by atoms with Gasteiger partial charge in [0.2, 0.25) is 5.91 Å². The Kier molecular flexibility index (Phi) is 11.4. The first kappa shape index (κ1) is 34.4. The molecule has 2 atom stereocenters. The van der Waals surface area contributed by atoms with Gasteiger partial charge in [-0.2, -0.15) is 13.2 Å². The molecule has 4 N–H and O–H groups in total. The number of nitrogens with two attached hydrogens (primary N) is 1. The Morgan fingerprint density at radius 3 is 2.29 bits per heavy atom. The van der Waals surface area contributed by atoms with Crippen molar-refractivity contribution in [2.45, 2.75) is 84.8 Å². The first-order valence-electron chi connectivity index (χ1n) is 13.8. The van der Waals surface area contributed by atoms with E-state index in [1.54, 1.807) is 33.8 Å². The molecular weight excluding hydrogens is 553 g/mol. The van der Waals surface area contributed by atoms with Crippen LogP contribution in [0, 0.1) is 0 Å². The third kappa shape index (κ3) is 7.93. The van der Waals surface area contributed by atoms with Crippen LogP contribution in [-0.4, -0.2) is 58.3 Å². The van der Waals surface area contributed by atoms with E-state index in [0.29, 0.717) is 18.2 Å². The molecule has 0 saturated carbocycles. The number of nitrogens with zero attached hydrogens (tertiary/aromatic N) is 2. The molecule has 2 aromatic carbocycles. The molecule has 0 aliphatic carbocycles. The van der Waals surface area contributed by atoms with Gasteiger partial charge in [0.05, 0.1) is 37.8 Å². The van der Waals surface area contributed by atoms with Gasteiger partial charge in [0.1, 0.15) is 11.5 Å². The predicted molar refractivity (Wildman–Crippen MR) is 154 cm³/mol. The van der Waals surface area contributed by atoms with Gasteiger partial charge < -0.3 is 25.6 Å². The number of carbonyl (C=O) groups is 2. The first-order chi connectivity index (χ1) is 19.6. The number of para-hydroxylation sites is 1. The standard InChI is InChI=1S/C28H35F3N4O5.C2H6/c1-6-39-20-13-12-17(14-18(20)16-35-22(36)15-26(3,4)34-25(35)32)24(37)33-23(27(5,38)28(29,30)31)19-10-8-9-11-21(19)40-7-2;1-2/h8-14,23,38H,6-7,15-16H2,1-5H3,(H2,32,34)(H,33,37);1-2H3. The van der Waals surface area contributed by atoms with E-state index in [1.807, 2.05) is 13.8 Å². The molecule has 2 amide bonds. The molecule has 0 spiro atoms. The molecule has 0 saturated heterocycles. The molecule has 0 bridgehead atoms. The van der Waals surface area contributed by atoms with Crippen LogP contribution >= 0.6 is 0 Å².